The number of nitrogens with one attached hydrogen (secondary N) is 1. The van der Waals surface area contributed by atoms with Crippen molar-refractivity contribution in [2.24, 2.45) is 0 Å². The first-order valence-corrected chi connectivity index (χ1v) is 12.9. The molecule has 0 spiro atoms. The third-order valence-corrected chi connectivity index (χ3v) is 6.61. The number of carbonyl (C=O) groups is 1. The predicted molar refractivity (Wildman–Crippen MR) is 151 cm³/mol. The van der Waals surface area contributed by atoms with Crippen molar-refractivity contribution < 1.29 is 24.3 Å². The molecule has 2 N–H and O–H groups in total. The fourth-order valence-electron chi connectivity index (χ4n) is 4.53. The summed E-state index contributed by atoms with van der Waals surface area (Å²) in [5.74, 6) is 0.406. The number of non-ortho nitro benzene ring substituents is 1. The van der Waals surface area contributed by atoms with Crippen LogP contribution in [0.5, 0.6) is 5.75 Å². The molecule has 8 heteroatoms. The molecule has 4 aromatic carbocycles. The van der Waals surface area contributed by atoms with Crippen molar-refractivity contribution in [2.45, 2.75) is 38.3 Å². The quantitative estimate of drug-likeness (QED) is 0.123. The maximum absolute atomic E-state index is 12.0. The van der Waals surface area contributed by atoms with E-state index < -0.39 is 23.0 Å². The van der Waals surface area contributed by atoms with E-state index in [9.17, 15) is 20.0 Å². The first kappa shape index (κ1) is 27.6. The van der Waals surface area contributed by atoms with Crippen LogP contribution >= 0.6 is 0 Å². The Kier molecular flexibility index (Phi) is 9.12. The number of aliphatic hydroxyl groups is 1. The second kappa shape index (κ2) is 12.9. The summed E-state index contributed by atoms with van der Waals surface area (Å²) >= 11 is 0. The minimum Gasteiger partial charge on any atom is -0.497 e. The third kappa shape index (κ3) is 7.33. The molecule has 39 heavy (non-hydrogen) atoms. The molecule has 0 fully saturated rings. The van der Waals surface area contributed by atoms with Crippen LogP contribution in [-0.4, -0.2) is 35.8 Å². The zero-order valence-electron chi connectivity index (χ0n) is 22.0. The van der Waals surface area contributed by atoms with Gasteiger partial charge in [0.25, 0.3) is 5.69 Å². The number of rotatable bonds is 12. The molecule has 0 aliphatic heterocycles. The van der Waals surface area contributed by atoms with Crippen molar-refractivity contribution in [3.05, 3.63) is 112 Å². The highest BCUT2D eigenvalue weighted by Gasteiger charge is 2.20. The number of fused-ring (bicyclic) bond motifs is 1. The van der Waals surface area contributed by atoms with E-state index in [-0.39, 0.29) is 5.69 Å². The van der Waals surface area contributed by atoms with Crippen LogP contribution in [-0.2, 0) is 11.2 Å². The van der Waals surface area contributed by atoms with Gasteiger partial charge in [0.05, 0.1) is 36.3 Å². The van der Waals surface area contributed by atoms with Gasteiger partial charge in [-0.05, 0) is 84.5 Å². The molecule has 0 radical (unpaired) electrons. The van der Waals surface area contributed by atoms with Gasteiger partial charge in [0.2, 0.25) is 0 Å². The van der Waals surface area contributed by atoms with E-state index in [0.29, 0.717) is 37.0 Å². The lowest BCUT2D eigenvalue weighted by Crippen LogP contribution is -2.19. The van der Waals surface area contributed by atoms with Gasteiger partial charge >= 0.3 is 5.97 Å². The number of nitro groups is 1. The number of hydrogen-bond donors (Lipinski definition) is 2. The highest BCUT2D eigenvalue weighted by molar-refractivity contribution is 5.89. The summed E-state index contributed by atoms with van der Waals surface area (Å²) in [5.41, 5.74) is 2.94. The van der Waals surface area contributed by atoms with Gasteiger partial charge in [0.1, 0.15) is 5.75 Å². The molecule has 8 nitrogen and oxygen atoms in total. The Morgan fingerprint density at radius 1 is 1.00 bits per heavy atom. The Balaban J connectivity index is 1.48. The summed E-state index contributed by atoms with van der Waals surface area (Å²) in [5, 5.41) is 28.0. The van der Waals surface area contributed by atoms with Gasteiger partial charge in [0.15, 0.2) is 0 Å². The van der Waals surface area contributed by atoms with E-state index in [1.165, 1.54) is 12.1 Å². The van der Waals surface area contributed by atoms with Crippen molar-refractivity contribution in [1.82, 2.24) is 0 Å². The Bertz CT molecular complexity index is 1440. The Morgan fingerprint density at radius 2 is 1.74 bits per heavy atom. The molecular weight excluding hydrogens is 496 g/mol. The average Bonchev–Trinajstić information content (AvgIpc) is 2.96. The molecule has 4 aromatic rings. The SMILES string of the molecule is CCOC(=O)c1ccc(NC(CC(O)CCc2ccc3cc(OC)ccc3c2)c2cccc([N+](=O)[O-])c2)cc1. The van der Waals surface area contributed by atoms with Gasteiger partial charge in [-0.25, -0.2) is 4.79 Å². The molecule has 0 saturated carbocycles. The number of carbonyl (C=O) groups excluding carboxylic acids is 1. The summed E-state index contributed by atoms with van der Waals surface area (Å²) in [6.45, 7) is 2.04. The number of aryl methyl sites for hydroxylation is 1. The van der Waals surface area contributed by atoms with E-state index in [4.69, 9.17) is 9.47 Å². The molecule has 0 amide bonds. The first-order valence-electron chi connectivity index (χ1n) is 12.9. The van der Waals surface area contributed by atoms with E-state index in [1.807, 2.05) is 30.3 Å². The lowest BCUT2D eigenvalue weighted by Gasteiger charge is -2.23. The van der Waals surface area contributed by atoms with Crippen LogP contribution in [0.2, 0.25) is 0 Å². The van der Waals surface area contributed by atoms with Crippen LogP contribution in [0, 0.1) is 10.1 Å². The number of esters is 1. The number of methoxy groups -OCH3 is 1. The highest BCUT2D eigenvalue weighted by atomic mass is 16.6. The smallest absolute Gasteiger partial charge is 0.338 e. The fraction of sp³-hybridized carbons (Fsp3) is 0.258. The van der Waals surface area contributed by atoms with E-state index >= 15 is 0 Å². The summed E-state index contributed by atoms with van der Waals surface area (Å²) in [6.07, 6.45) is 0.883. The van der Waals surface area contributed by atoms with E-state index in [0.717, 1.165) is 27.8 Å². The molecule has 202 valence electrons. The Labute approximate surface area is 227 Å². The van der Waals surface area contributed by atoms with Crippen molar-refractivity contribution in [3.8, 4) is 5.75 Å². The molecule has 0 aliphatic carbocycles. The number of nitro benzene ring substituents is 1. The summed E-state index contributed by atoms with van der Waals surface area (Å²) in [4.78, 5) is 22.9. The van der Waals surface area contributed by atoms with Crippen molar-refractivity contribution in [3.63, 3.8) is 0 Å². The zero-order valence-corrected chi connectivity index (χ0v) is 22.0. The monoisotopic (exact) mass is 528 g/mol. The fourth-order valence-corrected chi connectivity index (χ4v) is 4.53. The van der Waals surface area contributed by atoms with E-state index in [2.05, 4.69) is 17.4 Å². The number of nitrogens with zero attached hydrogens (tertiary/aromatic N) is 1. The van der Waals surface area contributed by atoms with Crippen LogP contribution < -0.4 is 10.1 Å². The van der Waals surface area contributed by atoms with Gasteiger partial charge in [-0.3, -0.25) is 10.1 Å². The molecule has 0 heterocycles. The van der Waals surface area contributed by atoms with Crippen molar-refractivity contribution in [1.29, 1.82) is 0 Å². The number of hydrogen-bond acceptors (Lipinski definition) is 7. The largest absolute Gasteiger partial charge is 0.497 e. The topological polar surface area (TPSA) is 111 Å². The number of ether oxygens (including phenoxy) is 2. The summed E-state index contributed by atoms with van der Waals surface area (Å²) < 4.78 is 10.3. The van der Waals surface area contributed by atoms with Crippen LogP contribution in [0.1, 0.15) is 47.3 Å². The molecule has 4 rings (SSSR count). The Morgan fingerprint density at radius 3 is 2.46 bits per heavy atom. The van der Waals surface area contributed by atoms with Gasteiger partial charge in [-0.1, -0.05) is 36.4 Å². The molecule has 0 aliphatic rings. The Hall–Kier alpha value is -4.43. The van der Waals surface area contributed by atoms with E-state index in [1.54, 1.807) is 44.4 Å². The predicted octanol–water partition coefficient (Wildman–Crippen LogP) is 6.47. The maximum atomic E-state index is 12.0. The second-order valence-electron chi connectivity index (χ2n) is 9.32. The zero-order chi connectivity index (χ0) is 27.8. The summed E-state index contributed by atoms with van der Waals surface area (Å²) in [6, 6.07) is 25.0. The minimum absolute atomic E-state index is 0.0146. The molecule has 0 bridgehead atoms. The second-order valence-corrected chi connectivity index (χ2v) is 9.32. The molecule has 2 unspecified atom stereocenters. The minimum atomic E-state index is -0.660. The van der Waals surface area contributed by atoms with Crippen molar-refractivity contribution >= 4 is 28.1 Å². The van der Waals surface area contributed by atoms with Crippen LogP contribution in [0.4, 0.5) is 11.4 Å². The molecule has 0 aromatic heterocycles. The van der Waals surface area contributed by atoms with Gasteiger partial charge in [-0.15, -0.1) is 0 Å². The summed E-state index contributed by atoms with van der Waals surface area (Å²) in [7, 11) is 1.64. The first-order chi connectivity index (χ1) is 18.9. The van der Waals surface area contributed by atoms with Gasteiger partial charge in [0, 0.05) is 17.8 Å². The van der Waals surface area contributed by atoms with Crippen LogP contribution in [0.3, 0.4) is 0 Å². The lowest BCUT2D eigenvalue weighted by atomic mass is 9.95. The van der Waals surface area contributed by atoms with Gasteiger partial charge < -0.3 is 19.9 Å². The molecular formula is C31H32N2O6. The number of benzene rings is 4. The third-order valence-electron chi connectivity index (χ3n) is 6.61. The average molecular weight is 529 g/mol. The normalized spacial score (nSPS) is 12.5. The molecule has 2 atom stereocenters. The van der Waals surface area contributed by atoms with Crippen molar-refractivity contribution in [2.75, 3.05) is 19.0 Å². The van der Waals surface area contributed by atoms with Crippen LogP contribution in [0.15, 0.2) is 84.9 Å². The lowest BCUT2D eigenvalue weighted by molar-refractivity contribution is -0.384. The standard InChI is InChI=1S/C31H32N2O6/c1-3-39-31(35)22-10-13-26(14-11-22)32-30(25-5-4-6-27(18-25)33(36)37)20-28(34)15-8-21-7-9-24-19-29(38-2)16-12-23(24)17-21/h4-7,9-14,16-19,28,30,32,34H,3,8,15,20H2,1-2H3. The van der Waals surface area contributed by atoms with Gasteiger partial charge in [-0.2, -0.15) is 0 Å². The number of anilines is 1. The molecule has 0 saturated heterocycles. The maximum Gasteiger partial charge on any atom is 0.338 e. The highest BCUT2D eigenvalue weighted by Crippen LogP contribution is 2.29. The van der Waals surface area contributed by atoms with Crippen LogP contribution in [0.25, 0.3) is 10.8 Å². The number of aliphatic hydroxyl groups excluding tert-OH is 1.